The molecule has 0 amide bonds. The molecule has 0 aliphatic heterocycles. The number of nitrogens with zero attached hydrogens (tertiary/aromatic N) is 1. The molecular formula is C14H16ClNO2. The third kappa shape index (κ3) is 2.95. The molecule has 1 aromatic carbocycles. The zero-order chi connectivity index (χ0) is 13.2. The van der Waals surface area contributed by atoms with Crippen LogP contribution in [0.1, 0.15) is 37.9 Å². The Bertz CT molecular complexity index is 475. The third-order valence-electron chi connectivity index (χ3n) is 3.38. The predicted octanol–water partition coefficient (Wildman–Crippen LogP) is 3.47. The van der Waals surface area contributed by atoms with Crippen molar-refractivity contribution in [1.82, 2.24) is 0 Å². The maximum atomic E-state index is 9.44. The summed E-state index contributed by atoms with van der Waals surface area (Å²) in [4.78, 5) is 0. The van der Waals surface area contributed by atoms with Crippen molar-refractivity contribution in [2.75, 3.05) is 6.61 Å². The average Bonchev–Trinajstić information content (AvgIpc) is 3.08. The van der Waals surface area contributed by atoms with Crippen molar-refractivity contribution >= 4 is 11.6 Å². The van der Waals surface area contributed by atoms with Crippen molar-refractivity contribution in [3.05, 3.63) is 28.8 Å². The van der Waals surface area contributed by atoms with E-state index in [4.69, 9.17) is 21.6 Å². The van der Waals surface area contributed by atoms with Crippen molar-refractivity contribution in [3.8, 4) is 11.8 Å². The number of hydrogen-bond acceptors (Lipinski definition) is 3. The summed E-state index contributed by atoms with van der Waals surface area (Å²) < 4.78 is 5.69. The van der Waals surface area contributed by atoms with Crippen LogP contribution < -0.4 is 4.74 Å². The second-order valence-corrected chi connectivity index (χ2v) is 5.40. The smallest absolute Gasteiger partial charge is 0.137 e. The molecule has 0 aromatic heterocycles. The summed E-state index contributed by atoms with van der Waals surface area (Å²) in [5.41, 5.74) is 0.812. The fraction of sp³-hybridized carbons (Fsp3) is 0.500. The Morgan fingerprint density at radius 2 is 2.28 bits per heavy atom. The van der Waals surface area contributed by atoms with E-state index in [0.717, 1.165) is 18.4 Å². The van der Waals surface area contributed by atoms with Crippen LogP contribution in [0.15, 0.2) is 18.2 Å². The molecule has 4 heteroatoms. The van der Waals surface area contributed by atoms with E-state index in [-0.39, 0.29) is 5.41 Å². The monoisotopic (exact) mass is 265 g/mol. The van der Waals surface area contributed by atoms with Crippen LogP contribution in [0.2, 0.25) is 5.02 Å². The highest BCUT2D eigenvalue weighted by atomic mass is 35.5. The summed E-state index contributed by atoms with van der Waals surface area (Å²) in [6.45, 7) is 2.23. The summed E-state index contributed by atoms with van der Waals surface area (Å²) in [6, 6.07) is 7.49. The molecule has 18 heavy (non-hydrogen) atoms. The van der Waals surface area contributed by atoms with Gasteiger partial charge >= 0.3 is 0 Å². The molecule has 1 atom stereocenters. The molecule has 1 saturated carbocycles. The number of hydrogen-bond donors (Lipinski definition) is 1. The quantitative estimate of drug-likeness (QED) is 0.887. The van der Waals surface area contributed by atoms with Crippen LogP contribution >= 0.6 is 11.6 Å². The van der Waals surface area contributed by atoms with Crippen LogP contribution in [0.3, 0.4) is 0 Å². The van der Waals surface area contributed by atoms with Crippen LogP contribution in [0.25, 0.3) is 0 Å². The minimum Gasteiger partial charge on any atom is -0.491 e. The van der Waals surface area contributed by atoms with Crippen molar-refractivity contribution in [2.24, 2.45) is 5.41 Å². The Morgan fingerprint density at radius 3 is 2.78 bits per heavy atom. The first-order chi connectivity index (χ1) is 8.56. The SMILES string of the molecule is C[C@H](O)c1ccc(OCC2(CC#N)CC2)c(Cl)c1. The fourth-order valence-corrected chi connectivity index (χ4v) is 2.09. The molecule has 0 radical (unpaired) electrons. The second-order valence-electron chi connectivity index (χ2n) is 4.99. The van der Waals surface area contributed by atoms with Gasteiger partial charge in [-0.3, -0.25) is 0 Å². The lowest BCUT2D eigenvalue weighted by Crippen LogP contribution is -2.12. The maximum absolute atomic E-state index is 9.44. The first-order valence-corrected chi connectivity index (χ1v) is 6.41. The van der Waals surface area contributed by atoms with Crippen LogP contribution in [-0.2, 0) is 0 Å². The highest BCUT2D eigenvalue weighted by Gasteiger charge is 2.43. The van der Waals surface area contributed by atoms with Gasteiger partial charge in [-0.1, -0.05) is 17.7 Å². The van der Waals surface area contributed by atoms with Gasteiger partial charge in [0.1, 0.15) is 5.75 Å². The maximum Gasteiger partial charge on any atom is 0.137 e. The van der Waals surface area contributed by atoms with E-state index >= 15 is 0 Å². The molecular weight excluding hydrogens is 250 g/mol. The first kappa shape index (κ1) is 13.2. The summed E-state index contributed by atoms with van der Waals surface area (Å²) in [6.07, 6.45) is 2.09. The van der Waals surface area contributed by atoms with Gasteiger partial charge in [0.05, 0.1) is 23.8 Å². The van der Waals surface area contributed by atoms with Crippen LogP contribution in [-0.4, -0.2) is 11.7 Å². The molecule has 0 spiro atoms. The van der Waals surface area contributed by atoms with Crippen molar-refractivity contribution in [1.29, 1.82) is 5.26 Å². The molecule has 1 aliphatic rings. The Labute approximate surface area is 112 Å². The van der Waals surface area contributed by atoms with E-state index in [1.54, 1.807) is 25.1 Å². The second kappa shape index (κ2) is 5.17. The van der Waals surface area contributed by atoms with E-state index < -0.39 is 6.10 Å². The zero-order valence-electron chi connectivity index (χ0n) is 10.3. The van der Waals surface area contributed by atoms with Crippen LogP contribution in [0, 0.1) is 16.7 Å². The molecule has 2 rings (SSSR count). The van der Waals surface area contributed by atoms with Gasteiger partial charge in [-0.25, -0.2) is 0 Å². The van der Waals surface area contributed by atoms with E-state index in [9.17, 15) is 5.11 Å². The minimum atomic E-state index is -0.537. The Hall–Kier alpha value is -1.24. The van der Waals surface area contributed by atoms with Gasteiger partial charge in [0.2, 0.25) is 0 Å². The van der Waals surface area contributed by atoms with Crippen molar-refractivity contribution < 1.29 is 9.84 Å². The van der Waals surface area contributed by atoms with Crippen LogP contribution in [0.4, 0.5) is 0 Å². The summed E-state index contributed by atoms with van der Waals surface area (Å²) in [5, 5.41) is 18.7. The van der Waals surface area contributed by atoms with Gasteiger partial charge < -0.3 is 9.84 Å². The molecule has 1 aliphatic carbocycles. The lowest BCUT2D eigenvalue weighted by Gasteiger charge is -2.15. The highest BCUT2D eigenvalue weighted by molar-refractivity contribution is 6.32. The molecule has 1 N–H and O–H groups in total. The number of benzene rings is 1. The van der Waals surface area contributed by atoms with Gasteiger partial charge in [0, 0.05) is 11.8 Å². The highest BCUT2D eigenvalue weighted by Crippen LogP contribution is 2.49. The lowest BCUT2D eigenvalue weighted by molar-refractivity contribution is 0.199. The third-order valence-corrected chi connectivity index (χ3v) is 3.68. The Kier molecular flexibility index (Phi) is 3.79. The van der Waals surface area contributed by atoms with Gasteiger partial charge in [0.25, 0.3) is 0 Å². The fourth-order valence-electron chi connectivity index (χ4n) is 1.84. The number of aliphatic hydroxyl groups is 1. The minimum absolute atomic E-state index is 0.0427. The number of halogens is 1. The number of ether oxygens (including phenoxy) is 1. The van der Waals surface area contributed by atoms with Crippen LogP contribution in [0.5, 0.6) is 5.75 Å². The molecule has 0 saturated heterocycles. The van der Waals surface area contributed by atoms with Crippen molar-refractivity contribution in [2.45, 2.75) is 32.3 Å². The Balaban J connectivity index is 2.00. The standard InChI is InChI=1S/C14H16ClNO2/c1-10(17)11-2-3-13(12(15)8-11)18-9-14(4-5-14)6-7-16/h2-3,8,10,17H,4-6,9H2,1H3/t10-/m0/s1. The van der Waals surface area contributed by atoms with Gasteiger partial charge in [-0.05, 0) is 37.5 Å². The van der Waals surface area contributed by atoms with E-state index in [1.165, 1.54) is 0 Å². The Morgan fingerprint density at radius 1 is 1.56 bits per heavy atom. The molecule has 0 bridgehead atoms. The zero-order valence-corrected chi connectivity index (χ0v) is 11.1. The van der Waals surface area contributed by atoms with Crippen molar-refractivity contribution in [3.63, 3.8) is 0 Å². The van der Waals surface area contributed by atoms with Gasteiger partial charge in [-0.2, -0.15) is 5.26 Å². The number of nitriles is 1. The van der Waals surface area contributed by atoms with E-state index in [0.29, 0.717) is 23.8 Å². The van der Waals surface area contributed by atoms with Gasteiger partial charge in [0.15, 0.2) is 0 Å². The lowest BCUT2D eigenvalue weighted by atomic mass is 10.1. The summed E-state index contributed by atoms with van der Waals surface area (Å²) in [7, 11) is 0. The molecule has 1 aromatic rings. The first-order valence-electron chi connectivity index (χ1n) is 6.04. The molecule has 96 valence electrons. The van der Waals surface area contributed by atoms with E-state index in [1.807, 2.05) is 0 Å². The largest absolute Gasteiger partial charge is 0.491 e. The topological polar surface area (TPSA) is 53.2 Å². The van der Waals surface area contributed by atoms with Gasteiger partial charge in [-0.15, -0.1) is 0 Å². The molecule has 0 heterocycles. The number of rotatable bonds is 5. The average molecular weight is 266 g/mol. The molecule has 3 nitrogen and oxygen atoms in total. The normalized spacial score (nSPS) is 17.9. The molecule has 0 unspecified atom stereocenters. The predicted molar refractivity (Wildman–Crippen MR) is 69.5 cm³/mol. The summed E-state index contributed by atoms with van der Waals surface area (Å²) >= 11 is 6.10. The van der Waals surface area contributed by atoms with E-state index in [2.05, 4.69) is 6.07 Å². The number of aliphatic hydroxyl groups excluding tert-OH is 1. The molecule has 1 fully saturated rings. The summed E-state index contributed by atoms with van der Waals surface area (Å²) in [5.74, 6) is 0.616.